The van der Waals surface area contributed by atoms with E-state index in [0.717, 1.165) is 119 Å². The lowest BCUT2D eigenvalue weighted by Gasteiger charge is -2.31. The molecule has 15 heteroatoms. The molecule has 4 aliphatic heterocycles. The van der Waals surface area contributed by atoms with Crippen LogP contribution in [0.1, 0.15) is 165 Å². The number of allylic oxidation sites excluding steroid dienone is 8. The highest BCUT2D eigenvalue weighted by atomic mass is 19.4. The molecule has 0 N–H and O–H groups in total. The van der Waals surface area contributed by atoms with E-state index in [4.69, 9.17) is 9.47 Å². The van der Waals surface area contributed by atoms with Crippen molar-refractivity contribution in [2.45, 2.75) is 182 Å². The van der Waals surface area contributed by atoms with Gasteiger partial charge in [-0.25, -0.2) is 0 Å². The molecule has 0 bridgehead atoms. The second-order valence-corrected chi connectivity index (χ2v) is 32.1. The minimum Gasteiger partial charge on any atom is -0.491 e. The van der Waals surface area contributed by atoms with Crippen LogP contribution in [0.25, 0.3) is 0 Å². The molecule has 0 fully saturated rings. The van der Waals surface area contributed by atoms with Gasteiger partial charge in [0.25, 0.3) is 11.4 Å². The van der Waals surface area contributed by atoms with Gasteiger partial charge < -0.3 is 19.3 Å². The van der Waals surface area contributed by atoms with Crippen LogP contribution >= 0.6 is 0 Å². The predicted octanol–water partition coefficient (Wildman–Crippen LogP) is 22.3. The minimum absolute atomic E-state index is 0.0854. The molecule has 12 rings (SSSR count). The maximum absolute atomic E-state index is 14.0. The summed E-state index contributed by atoms with van der Waals surface area (Å²) in [5, 5.41) is 24.1. The van der Waals surface area contributed by atoms with E-state index in [1.165, 1.54) is 40.2 Å². The Labute approximate surface area is 631 Å². The van der Waals surface area contributed by atoms with E-state index in [0.29, 0.717) is 36.8 Å². The third-order valence-electron chi connectivity index (χ3n) is 21.6. The summed E-state index contributed by atoms with van der Waals surface area (Å²) >= 11 is 0. The number of anilines is 2. The molecule has 0 saturated heterocycles. The number of nitro groups is 2. The zero-order valence-electron chi connectivity index (χ0n) is 64.9. The molecule has 4 aliphatic rings. The quantitative estimate of drug-likeness (QED) is 0.0299. The second kappa shape index (κ2) is 32.1. The summed E-state index contributed by atoms with van der Waals surface area (Å²) in [5.74, 6) is 2.63. The summed E-state index contributed by atoms with van der Waals surface area (Å²) < 4.78 is 58.2. The molecule has 0 amide bonds. The van der Waals surface area contributed by atoms with E-state index in [2.05, 4.69) is 184 Å². The van der Waals surface area contributed by atoms with Crippen LogP contribution in [0.4, 0.5) is 47.3 Å². The fourth-order valence-corrected chi connectivity index (χ4v) is 16.0. The van der Waals surface area contributed by atoms with Crippen molar-refractivity contribution in [3.05, 3.63) is 306 Å². The largest absolute Gasteiger partial charge is 0.491 e. The number of aryl methyl sites for hydroxylation is 1. The number of ether oxygens (including phenoxy) is 2. The van der Waals surface area contributed by atoms with Gasteiger partial charge in [0.2, 0.25) is 11.4 Å². The highest BCUT2D eigenvalue weighted by Crippen LogP contribution is 2.53. The normalized spacial score (nSPS) is 18.6. The van der Waals surface area contributed by atoms with Gasteiger partial charge in [0.05, 0.1) is 38.4 Å². The summed E-state index contributed by atoms with van der Waals surface area (Å²) in [6, 6.07) is 58.6. The Morgan fingerprint density at radius 1 is 0.477 bits per heavy atom. The number of nitrogens with zero attached hydrogens (tertiary/aromatic N) is 6. The lowest BCUT2D eigenvalue weighted by molar-refractivity contribution is -0.439. The van der Waals surface area contributed by atoms with Crippen LogP contribution in [-0.2, 0) is 53.5 Å². The van der Waals surface area contributed by atoms with E-state index in [9.17, 15) is 33.4 Å². The lowest BCUT2D eigenvalue weighted by atomic mass is 9.74. The Kier molecular flexibility index (Phi) is 23.4. The average molecular weight is 1450 g/mol. The van der Waals surface area contributed by atoms with Crippen LogP contribution in [0.3, 0.4) is 0 Å². The lowest BCUT2D eigenvalue weighted by Crippen LogP contribution is -2.34. The van der Waals surface area contributed by atoms with Gasteiger partial charge >= 0.3 is 6.18 Å². The molecular formula is C92H105F3N6O6+2. The number of benzene rings is 8. The number of rotatable bonds is 26. The number of hydrogen-bond donors (Lipinski definition) is 0. The van der Waals surface area contributed by atoms with E-state index >= 15 is 0 Å². The Morgan fingerprint density at radius 2 is 0.963 bits per heavy atom. The molecule has 0 radical (unpaired) electrons. The fourth-order valence-electron chi connectivity index (χ4n) is 16.0. The van der Waals surface area contributed by atoms with Gasteiger partial charge in [0.1, 0.15) is 18.0 Å². The van der Waals surface area contributed by atoms with Crippen LogP contribution in [0.5, 0.6) is 11.5 Å². The number of halogens is 3. The van der Waals surface area contributed by atoms with Crippen LogP contribution in [0.15, 0.2) is 230 Å². The topological polar surface area (TPSA) is 117 Å². The number of alkyl halides is 3. The number of nitro benzene ring substituents is 2. The van der Waals surface area contributed by atoms with Crippen LogP contribution in [-0.4, -0.2) is 68.8 Å². The number of hydrogen-bond acceptors (Lipinski definition) is 8. The predicted molar refractivity (Wildman–Crippen MR) is 429 cm³/mol. The molecule has 12 nitrogen and oxygen atoms in total. The summed E-state index contributed by atoms with van der Waals surface area (Å²) in [5.41, 5.74) is 15.7. The number of non-ortho nitro benzene ring substituents is 2. The van der Waals surface area contributed by atoms with Crippen LogP contribution in [0.2, 0.25) is 0 Å². The van der Waals surface area contributed by atoms with E-state index in [1.54, 1.807) is 30.3 Å². The Hall–Kier alpha value is -10.2. The van der Waals surface area contributed by atoms with Crippen molar-refractivity contribution in [2.75, 3.05) is 36.0 Å². The molecule has 558 valence electrons. The van der Waals surface area contributed by atoms with Crippen molar-refractivity contribution in [1.29, 1.82) is 0 Å². The summed E-state index contributed by atoms with van der Waals surface area (Å²) in [6.45, 7) is 35.1. The molecule has 4 heterocycles. The molecule has 0 aromatic heterocycles. The monoisotopic (exact) mass is 1450 g/mol. The maximum Gasteiger partial charge on any atom is 0.416 e. The van der Waals surface area contributed by atoms with Crippen molar-refractivity contribution in [3.8, 4) is 11.5 Å². The maximum atomic E-state index is 14.0. The van der Waals surface area contributed by atoms with Gasteiger partial charge in [-0.15, -0.1) is 0 Å². The fraction of sp³-hybridized carbons (Fsp3) is 0.370. The molecule has 0 spiro atoms. The minimum atomic E-state index is -4.42. The Morgan fingerprint density at radius 3 is 1.52 bits per heavy atom. The summed E-state index contributed by atoms with van der Waals surface area (Å²) in [6.07, 6.45) is 13.6. The van der Waals surface area contributed by atoms with Crippen LogP contribution < -0.4 is 19.3 Å². The van der Waals surface area contributed by atoms with Gasteiger partial charge in [-0.05, 0) is 194 Å². The first kappa shape index (κ1) is 77.9. The molecule has 2 unspecified atom stereocenters. The molecule has 8 aromatic carbocycles. The molecular weight excluding hydrogens is 1340 g/mol. The first-order valence-corrected chi connectivity index (χ1v) is 37.9. The van der Waals surface area contributed by atoms with Crippen molar-refractivity contribution < 1.29 is 41.6 Å². The summed E-state index contributed by atoms with van der Waals surface area (Å²) in [7, 11) is 0. The van der Waals surface area contributed by atoms with Crippen molar-refractivity contribution in [3.63, 3.8) is 0 Å². The summed E-state index contributed by atoms with van der Waals surface area (Å²) in [4.78, 5) is 28.3. The molecule has 0 aliphatic carbocycles. The van der Waals surface area contributed by atoms with Gasteiger partial charge in [-0.1, -0.05) is 156 Å². The van der Waals surface area contributed by atoms with Gasteiger partial charge in [-0.3, -0.25) is 20.2 Å². The standard InChI is InChI=1S/C47H54F3N2O2.C45H51N4O4/c1-31(2)53-37-19-14-34(15-20-37)25-27-51-41-23-13-33(5)29-39(41)45(6,7)43(51)11-10-12-44-46(8,9)40-30-36(47(48,49)50)18-24-42(40)52(44)28-26-35-16-21-38(22-17-35)54-32(3)4;1-32(2)24-26-46-40-22-20-36(48(50)51)28-38(40)44(5,30-34-14-9-7-10-15-34)42(46)18-13-19-43-45(6,31-35-16-11-8-12-17-35)39-29-37(49(52)53)21-23-41(39)47(43)27-25-33(3)4/h10-24,29-32H,25-28H2,1-9H3;7-23,28-29,32-33H,24-27,30-31H2,1-6H3/q2*+1. The molecule has 107 heavy (non-hydrogen) atoms. The van der Waals surface area contributed by atoms with Gasteiger partial charge in [0.15, 0.2) is 18.0 Å². The molecule has 8 aromatic rings. The SMILES string of the molecule is CC(C)CCN1/C(=C/C=C/C2=[N+](CCC(C)C)c3ccc([N+](=O)[O-])cc3C2(C)Cc2ccccc2)C(C)(Cc2ccccc2)c2cc([N+](=O)[O-])ccc21.Cc1ccc2c(c1)C(C)(C)C(=CC=CC1=[N+](CCc3ccc(OC(C)C)cc3)c3ccc(C(F)(F)F)cc3C1(C)C)N2CCc1ccc(OC(C)C)cc1. The second-order valence-electron chi connectivity index (χ2n) is 32.1. The van der Waals surface area contributed by atoms with Gasteiger partial charge in [0, 0.05) is 119 Å². The zero-order chi connectivity index (χ0) is 76.9. The van der Waals surface area contributed by atoms with Gasteiger partial charge in [-0.2, -0.15) is 22.3 Å². The average Bonchev–Trinajstić information content (AvgIpc) is 1.60. The van der Waals surface area contributed by atoms with Crippen LogP contribution in [0, 0.1) is 39.0 Å². The van der Waals surface area contributed by atoms with Crippen molar-refractivity contribution in [2.24, 2.45) is 11.8 Å². The zero-order valence-corrected chi connectivity index (χ0v) is 64.9. The Balaban J connectivity index is 0.000000213. The third-order valence-corrected chi connectivity index (χ3v) is 21.6. The highest BCUT2D eigenvalue weighted by molar-refractivity contribution is 6.04. The third kappa shape index (κ3) is 17.2. The van der Waals surface area contributed by atoms with Crippen molar-refractivity contribution >= 4 is 45.5 Å². The van der Waals surface area contributed by atoms with E-state index < -0.39 is 28.0 Å². The highest BCUT2D eigenvalue weighted by Gasteiger charge is 2.51. The van der Waals surface area contributed by atoms with Crippen molar-refractivity contribution in [1.82, 2.24) is 0 Å². The smallest absolute Gasteiger partial charge is 0.416 e. The number of fused-ring (bicyclic) bond motifs is 4. The van der Waals surface area contributed by atoms with E-state index in [-0.39, 0.29) is 38.8 Å². The Bertz CT molecular complexity index is 4760. The first-order chi connectivity index (χ1) is 50.8. The molecule has 0 saturated carbocycles. The van der Waals surface area contributed by atoms with E-state index in [1.807, 2.05) is 114 Å². The molecule has 2 atom stereocenters. The first-order valence-electron chi connectivity index (χ1n) is 37.9.